The van der Waals surface area contributed by atoms with Crippen molar-refractivity contribution < 1.29 is 13.2 Å². The molecule has 4 rings (SSSR count). The Morgan fingerprint density at radius 1 is 1.14 bits per heavy atom. The van der Waals surface area contributed by atoms with Gasteiger partial charge in [0.15, 0.2) is 11.5 Å². The van der Waals surface area contributed by atoms with Gasteiger partial charge in [-0.15, -0.1) is 10.2 Å². The molecule has 0 aliphatic heterocycles. The maximum atomic E-state index is 13.6. The fraction of sp³-hybridized carbons (Fsp3) is 0.250. The topological polar surface area (TPSA) is 55.1 Å². The van der Waals surface area contributed by atoms with Crippen LogP contribution in [0.15, 0.2) is 42.5 Å². The normalized spacial score (nSPS) is 13.3. The highest BCUT2D eigenvalue weighted by Gasteiger charge is 2.40. The van der Waals surface area contributed by atoms with Crippen molar-refractivity contribution in [1.82, 2.24) is 24.9 Å². The van der Waals surface area contributed by atoms with Crippen molar-refractivity contribution in [3.05, 3.63) is 58.7 Å². The van der Waals surface area contributed by atoms with Gasteiger partial charge in [0.05, 0.1) is 21.7 Å². The fourth-order valence-corrected chi connectivity index (χ4v) is 3.63. The molecule has 5 nitrogen and oxygen atoms in total. The van der Waals surface area contributed by atoms with Crippen LogP contribution in [0.3, 0.4) is 0 Å². The Morgan fingerprint density at radius 3 is 2.59 bits per heavy atom. The van der Waals surface area contributed by atoms with Crippen molar-refractivity contribution in [3.63, 3.8) is 0 Å². The first kappa shape index (κ1) is 19.6. The lowest BCUT2D eigenvalue weighted by atomic mass is 10.0. The zero-order valence-corrected chi connectivity index (χ0v) is 16.4. The second kappa shape index (κ2) is 7.27. The summed E-state index contributed by atoms with van der Waals surface area (Å²) in [6.45, 7) is 3.60. The van der Waals surface area contributed by atoms with E-state index >= 15 is 0 Å². The minimum absolute atomic E-state index is 0.0950. The lowest BCUT2D eigenvalue weighted by Gasteiger charge is -2.22. The fourth-order valence-electron chi connectivity index (χ4n) is 3.41. The summed E-state index contributed by atoms with van der Waals surface area (Å²) in [5, 5.41) is 11.4. The summed E-state index contributed by atoms with van der Waals surface area (Å²) in [4.78, 5) is 4.48. The highest BCUT2D eigenvalue weighted by atomic mass is 35.5. The van der Waals surface area contributed by atoms with Crippen LogP contribution in [0.4, 0.5) is 13.2 Å². The predicted molar refractivity (Wildman–Crippen MR) is 106 cm³/mol. The van der Waals surface area contributed by atoms with Gasteiger partial charge in [0.25, 0.3) is 0 Å². The van der Waals surface area contributed by atoms with Crippen LogP contribution in [0, 0.1) is 6.92 Å². The first-order chi connectivity index (χ1) is 13.8. The maximum absolute atomic E-state index is 13.6. The third-order valence-corrected chi connectivity index (χ3v) is 5.03. The molecule has 0 bridgehead atoms. The van der Waals surface area contributed by atoms with Crippen LogP contribution in [-0.4, -0.2) is 32.3 Å². The van der Waals surface area contributed by atoms with Crippen molar-refractivity contribution in [3.8, 4) is 11.4 Å². The van der Waals surface area contributed by atoms with E-state index in [2.05, 4.69) is 20.5 Å². The van der Waals surface area contributed by atoms with Crippen LogP contribution in [0.5, 0.6) is 0 Å². The van der Waals surface area contributed by atoms with E-state index in [1.807, 2.05) is 6.07 Å². The number of hydrogen-bond acceptors (Lipinski definition) is 4. The highest BCUT2D eigenvalue weighted by Crippen LogP contribution is 2.35. The molecule has 0 radical (unpaired) electrons. The summed E-state index contributed by atoms with van der Waals surface area (Å²) in [7, 11) is 0. The monoisotopic (exact) mass is 419 g/mol. The van der Waals surface area contributed by atoms with E-state index in [1.54, 1.807) is 42.5 Å². The summed E-state index contributed by atoms with van der Waals surface area (Å²) < 4.78 is 42.5. The molecule has 0 amide bonds. The number of benzene rings is 2. The summed E-state index contributed by atoms with van der Waals surface area (Å²) in [5.74, 6) is 0.449. The molecule has 29 heavy (non-hydrogen) atoms. The van der Waals surface area contributed by atoms with Crippen molar-refractivity contribution in [1.29, 1.82) is 0 Å². The molecule has 2 heterocycles. The molecule has 0 aliphatic rings. The molecule has 0 saturated heterocycles. The van der Waals surface area contributed by atoms with Gasteiger partial charge < -0.3 is 5.32 Å². The molecule has 2 aromatic heterocycles. The summed E-state index contributed by atoms with van der Waals surface area (Å²) >= 11 is 6.33. The molecular formula is C20H17ClF3N5. The third-order valence-electron chi connectivity index (χ3n) is 4.70. The van der Waals surface area contributed by atoms with Crippen molar-refractivity contribution in [2.75, 3.05) is 6.54 Å². The minimum Gasteiger partial charge on any atom is -0.303 e. The van der Waals surface area contributed by atoms with E-state index in [4.69, 9.17) is 11.6 Å². The third kappa shape index (κ3) is 3.42. The largest absolute Gasteiger partial charge is 0.407 e. The SMILES string of the molecule is CCNC(c1ccc2nc(C)c3nnc(-c4ccccc4Cl)n3c2c1)C(F)(F)F. The zero-order chi connectivity index (χ0) is 20.8. The molecule has 4 aromatic rings. The Labute approximate surface area is 169 Å². The average Bonchev–Trinajstić information content (AvgIpc) is 3.11. The van der Waals surface area contributed by atoms with Gasteiger partial charge in [-0.25, -0.2) is 4.98 Å². The Kier molecular flexibility index (Phi) is 4.92. The van der Waals surface area contributed by atoms with Crippen LogP contribution in [0.25, 0.3) is 28.1 Å². The summed E-state index contributed by atoms with van der Waals surface area (Å²) in [6, 6.07) is 9.86. The van der Waals surface area contributed by atoms with Crippen LogP contribution in [-0.2, 0) is 0 Å². The van der Waals surface area contributed by atoms with Crippen LogP contribution >= 0.6 is 11.6 Å². The number of alkyl halides is 3. The van der Waals surface area contributed by atoms with Gasteiger partial charge in [-0.3, -0.25) is 4.40 Å². The number of aryl methyl sites for hydroxylation is 1. The van der Waals surface area contributed by atoms with Gasteiger partial charge in [0.1, 0.15) is 6.04 Å². The first-order valence-corrected chi connectivity index (χ1v) is 9.39. The van der Waals surface area contributed by atoms with Crippen LogP contribution in [0.1, 0.15) is 24.2 Å². The minimum atomic E-state index is -4.43. The van der Waals surface area contributed by atoms with Crippen LogP contribution in [0.2, 0.25) is 5.02 Å². The molecular weight excluding hydrogens is 403 g/mol. The maximum Gasteiger partial charge on any atom is 0.407 e. The molecule has 0 spiro atoms. The van der Waals surface area contributed by atoms with Gasteiger partial charge in [-0.2, -0.15) is 13.2 Å². The summed E-state index contributed by atoms with van der Waals surface area (Å²) in [6.07, 6.45) is -4.43. The molecule has 0 aliphatic carbocycles. The predicted octanol–water partition coefficient (Wildman–Crippen LogP) is 5.12. The average molecular weight is 420 g/mol. The molecule has 1 atom stereocenters. The van der Waals surface area contributed by atoms with E-state index in [1.165, 1.54) is 12.1 Å². The van der Waals surface area contributed by atoms with Gasteiger partial charge in [-0.1, -0.05) is 36.7 Å². The standard InChI is InChI=1S/C20H17ClF3N5/c1-3-25-17(20(22,23)24)12-8-9-15-16(10-12)29-18(11(2)26-15)27-28-19(29)13-6-4-5-7-14(13)21/h4-10,17,25H,3H2,1-2H3. The molecule has 0 fully saturated rings. The molecule has 150 valence electrons. The highest BCUT2D eigenvalue weighted by molar-refractivity contribution is 6.33. The summed E-state index contributed by atoms with van der Waals surface area (Å²) in [5.41, 5.74) is 2.85. The number of nitrogens with one attached hydrogen (secondary N) is 1. The van der Waals surface area contributed by atoms with E-state index < -0.39 is 12.2 Å². The molecule has 0 saturated carbocycles. The van der Waals surface area contributed by atoms with Crippen LogP contribution < -0.4 is 5.32 Å². The number of nitrogens with zero attached hydrogens (tertiary/aromatic N) is 4. The lowest BCUT2D eigenvalue weighted by molar-refractivity contribution is -0.157. The molecule has 1 N–H and O–H groups in total. The van der Waals surface area contributed by atoms with Gasteiger partial charge in [-0.05, 0) is 43.3 Å². The van der Waals surface area contributed by atoms with Crippen molar-refractivity contribution >= 4 is 28.3 Å². The Balaban J connectivity index is 2.03. The number of hydrogen-bond donors (Lipinski definition) is 1. The van der Waals surface area contributed by atoms with E-state index in [0.29, 0.717) is 38.8 Å². The van der Waals surface area contributed by atoms with E-state index in [0.717, 1.165) is 0 Å². The number of aromatic nitrogens is 4. The van der Waals surface area contributed by atoms with E-state index in [9.17, 15) is 13.2 Å². The molecule has 1 unspecified atom stereocenters. The first-order valence-electron chi connectivity index (χ1n) is 9.01. The quantitative estimate of drug-likeness (QED) is 0.499. The van der Waals surface area contributed by atoms with Gasteiger partial charge in [0.2, 0.25) is 0 Å². The molecule has 9 heteroatoms. The number of fused-ring (bicyclic) bond motifs is 3. The molecule has 2 aromatic carbocycles. The van der Waals surface area contributed by atoms with Crippen molar-refractivity contribution in [2.24, 2.45) is 0 Å². The number of halogens is 4. The lowest BCUT2D eigenvalue weighted by Crippen LogP contribution is -2.34. The Morgan fingerprint density at radius 2 is 1.90 bits per heavy atom. The van der Waals surface area contributed by atoms with E-state index in [-0.39, 0.29) is 12.1 Å². The second-order valence-electron chi connectivity index (χ2n) is 6.64. The van der Waals surface area contributed by atoms with Crippen molar-refractivity contribution in [2.45, 2.75) is 26.1 Å². The smallest absolute Gasteiger partial charge is 0.303 e. The van der Waals surface area contributed by atoms with Gasteiger partial charge in [0, 0.05) is 5.56 Å². The second-order valence-corrected chi connectivity index (χ2v) is 7.05. The Hall–Kier alpha value is -2.71. The van der Waals surface area contributed by atoms with Gasteiger partial charge >= 0.3 is 6.18 Å². The zero-order valence-electron chi connectivity index (χ0n) is 15.6. The Bertz CT molecular complexity index is 1200. The number of rotatable bonds is 4.